The fraction of sp³-hybridized carbons (Fsp3) is 0.450. The van der Waals surface area contributed by atoms with Gasteiger partial charge in [-0.15, -0.1) is 0 Å². The highest BCUT2D eigenvalue weighted by Crippen LogP contribution is 2.44. The molecule has 0 unspecified atom stereocenters. The minimum absolute atomic E-state index is 0.135. The van der Waals surface area contributed by atoms with Crippen molar-refractivity contribution in [2.75, 3.05) is 33.2 Å². The van der Waals surface area contributed by atoms with E-state index in [1.165, 1.54) is 14.2 Å². The molecule has 10 nitrogen and oxygen atoms in total. The second-order valence-corrected chi connectivity index (χ2v) is 7.29. The summed E-state index contributed by atoms with van der Waals surface area (Å²) in [5.41, 5.74) is 12.8. The van der Waals surface area contributed by atoms with Crippen LogP contribution >= 0.6 is 0 Å². The maximum atomic E-state index is 12.6. The maximum absolute atomic E-state index is 12.6. The lowest BCUT2D eigenvalue weighted by molar-refractivity contribution is -0.127. The molecule has 1 aliphatic carbocycles. The van der Waals surface area contributed by atoms with Crippen LogP contribution in [0.4, 0.5) is 5.69 Å². The number of rotatable bonds is 7. The summed E-state index contributed by atoms with van der Waals surface area (Å²) in [7, 11) is 4.75. The molecule has 3 rings (SSSR count). The van der Waals surface area contributed by atoms with Crippen LogP contribution in [0.2, 0.25) is 0 Å². The van der Waals surface area contributed by atoms with E-state index in [4.69, 9.17) is 25.8 Å². The van der Waals surface area contributed by atoms with E-state index in [1.54, 1.807) is 30.1 Å². The van der Waals surface area contributed by atoms with Gasteiger partial charge in [0.05, 0.1) is 25.5 Å². The molecule has 0 radical (unpaired) electrons. The van der Waals surface area contributed by atoms with E-state index in [0.29, 0.717) is 22.9 Å². The third kappa shape index (κ3) is 3.85. The number of benzene rings is 1. The molecule has 10 heteroatoms. The van der Waals surface area contributed by atoms with E-state index in [-0.39, 0.29) is 17.3 Å². The zero-order valence-electron chi connectivity index (χ0n) is 17.4. The predicted molar refractivity (Wildman–Crippen MR) is 111 cm³/mol. The number of carbonyl (C=O) groups excluding carboxylic acids is 2. The fourth-order valence-electron chi connectivity index (χ4n) is 3.99. The molecule has 1 aliphatic heterocycles. The zero-order chi connectivity index (χ0) is 21.9. The van der Waals surface area contributed by atoms with Gasteiger partial charge in [0.1, 0.15) is 17.1 Å². The van der Waals surface area contributed by atoms with Crippen molar-refractivity contribution in [1.82, 2.24) is 4.90 Å². The summed E-state index contributed by atoms with van der Waals surface area (Å²) in [6.07, 6.45) is 3.58. The lowest BCUT2D eigenvalue weighted by atomic mass is 9.93. The lowest BCUT2D eigenvalue weighted by Gasteiger charge is -2.33. The number of hydrogen-bond acceptors (Lipinski definition) is 7. The van der Waals surface area contributed by atoms with E-state index in [2.05, 4.69) is 10.5 Å². The van der Waals surface area contributed by atoms with Crippen molar-refractivity contribution >= 4 is 23.3 Å². The molecule has 1 spiro atoms. The Morgan fingerprint density at radius 2 is 1.80 bits per heavy atom. The summed E-state index contributed by atoms with van der Waals surface area (Å²) in [5, 5.41) is 6.40. The van der Waals surface area contributed by atoms with Gasteiger partial charge >= 0.3 is 0 Å². The van der Waals surface area contributed by atoms with Crippen LogP contribution in [-0.2, 0) is 14.4 Å². The standard InChI is InChI=1S/C20H27N5O5/c1-25-19(27)16(17(21)20(25)6-4-5-7-20)18(22)24-30-11-15(26)23-12-8-13(28-2)10-14(9-12)29-3/h8-10H,4-7,11,21H2,1-3H3,(H2,22,24)(H,23,26). The van der Waals surface area contributed by atoms with Crippen LogP contribution in [0.5, 0.6) is 11.5 Å². The van der Waals surface area contributed by atoms with Crippen LogP contribution < -0.4 is 26.3 Å². The number of methoxy groups -OCH3 is 2. The van der Waals surface area contributed by atoms with E-state index in [1.807, 2.05) is 0 Å². The average molecular weight is 417 g/mol. The molecule has 0 saturated heterocycles. The Hall–Kier alpha value is -3.43. The minimum atomic E-state index is -0.491. The molecule has 5 N–H and O–H groups in total. The van der Waals surface area contributed by atoms with E-state index in [9.17, 15) is 9.59 Å². The number of nitrogens with zero attached hydrogens (tertiary/aromatic N) is 2. The first-order valence-electron chi connectivity index (χ1n) is 9.59. The molecule has 162 valence electrons. The van der Waals surface area contributed by atoms with Gasteiger partial charge in [0, 0.05) is 30.9 Å². The SMILES string of the molecule is COc1cc(NC(=O)CO/N=C(\N)C2=C(N)C3(CCCC3)N(C)C2=O)cc(OC)c1. The number of likely N-dealkylation sites (N-methyl/N-ethyl adjacent to an activating group) is 1. The Kier molecular flexibility index (Phi) is 6.04. The zero-order valence-corrected chi connectivity index (χ0v) is 17.4. The van der Waals surface area contributed by atoms with Crippen molar-refractivity contribution in [1.29, 1.82) is 0 Å². The van der Waals surface area contributed by atoms with Gasteiger partial charge in [0.25, 0.3) is 11.8 Å². The Morgan fingerprint density at radius 1 is 1.20 bits per heavy atom. The summed E-state index contributed by atoms with van der Waals surface area (Å²) >= 11 is 0. The highest BCUT2D eigenvalue weighted by molar-refractivity contribution is 6.22. The van der Waals surface area contributed by atoms with Gasteiger partial charge < -0.3 is 36.0 Å². The number of nitrogens with one attached hydrogen (secondary N) is 1. The minimum Gasteiger partial charge on any atom is -0.497 e. The summed E-state index contributed by atoms with van der Waals surface area (Å²) in [6, 6.07) is 4.96. The van der Waals surface area contributed by atoms with E-state index < -0.39 is 18.1 Å². The monoisotopic (exact) mass is 417 g/mol. The second kappa shape index (κ2) is 8.52. The van der Waals surface area contributed by atoms with Crippen LogP contribution in [0.3, 0.4) is 0 Å². The van der Waals surface area contributed by atoms with Crippen molar-refractivity contribution < 1.29 is 23.9 Å². The normalized spacial score (nSPS) is 18.2. The predicted octanol–water partition coefficient (Wildman–Crippen LogP) is 0.929. The number of amides is 2. The molecular weight excluding hydrogens is 390 g/mol. The molecule has 1 aromatic carbocycles. The van der Waals surface area contributed by atoms with Gasteiger partial charge in [-0.1, -0.05) is 18.0 Å². The molecule has 1 saturated carbocycles. The highest BCUT2D eigenvalue weighted by Gasteiger charge is 2.51. The van der Waals surface area contributed by atoms with Crippen molar-refractivity contribution in [3.8, 4) is 11.5 Å². The number of nitrogens with two attached hydrogens (primary N) is 2. The van der Waals surface area contributed by atoms with E-state index >= 15 is 0 Å². The number of carbonyl (C=O) groups is 2. The first kappa shape index (κ1) is 21.3. The van der Waals surface area contributed by atoms with Gasteiger partial charge in [-0.3, -0.25) is 9.59 Å². The summed E-state index contributed by atoms with van der Waals surface area (Å²) in [5.74, 6) is 0.169. The van der Waals surface area contributed by atoms with Crippen molar-refractivity contribution in [2.24, 2.45) is 16.6 Å². The third-order valence-corrected chi connectivity index (χ3v) is 5.61. The molecule has 1 fully saturated rings. The van der Waals surface area contributed by atoms with Gasteiger partial charge in [-0.2, -0.15) is 0 Å². The Bertz CT molecular complexity index is 883. The molecule has 0 atom stereocenters. The first-order chi connectivity index (χ1) is 14.3. The Labute approximate surface area is 174 Å². The van der Waals surface area contributed by atoms with Gasteiger partial charge in [0.2, 0.25) is 0 Å². The Balaban J connectivity index is 1.64. The number of ether oxygens (including phenoxy) is 2. The van der Waals surface area contributed by atoms with Gasteiger partial charge in [0.15, 0.2) is 12.4 Å². The number of oxime groups is 1. The van der Waals surface area contributed by atoms with Crippen LogP contribution in [0, 0.1) is 0 Å². The quantitative estimate of drug-likeness (QED) is 0.340. The molecule has 1 aromatic rings. The van der Waals surface area contributed by atoms with Gasteiger partial charge in [-0.05, 0) is 12.8 Å². The highest BCUT2D eigenvalue weighted by atomic mass is 16.6. The van der Waals surface area contributed by atoms with Crippen molar-refractivity contribution in [2.45, 2.75) is 31.2 Å². The largest absolute Gasteiger partial charge is 0.497 e. The molecule has 30 heavy (non-hydrogen) atoms. The molecule has 0 aromatic heterocycles. The summed E-state index contributed by atoms with van der Waals surface area (Å²) < 4.78 is 10.3. The van der Waals surface area contributed by atoms with Gasteiger partial charge in [-0.25, -0.2) is 0 Å². The van der Waals surface area contributed by atoms with Crippen LogP contribution in [0.1, 0.15) is 25.7 Å². The number of anilines is 1. The fourth-order valence-corrected chi connectivity index (χ4v) is 3.99. The van der Waals surface area contributed by atoms with Crippen LogP contribution in [-0.4, -0.2) is 56.0 Å². The second-order valence-electron chi connectivity index (χ2n) is 7.29. The molecule has 0 bridgehead atoms. The number of amidine groups is 1. The average Bonchev–Trinajstić information content (AvgIpc) is 3.29. The van der Waals surface area contributed by atoms with Crippen molar-refractivity contribution in [3.63, 3.8) is 0 Å². The van der Waals surface area contributed by atoms with E-state index in [0.717, 1.165) is 25.7 Å². The number of hydrogen-bond donors (Lipinski definition) is 3. The summed E-state index contributed by atoms with van der Waals surface area (Å²) in [4.78, 5) is 31.5. The maximum Gasteiger partial charge on any atom is 0.265 e. The summed E-state index contributed by atoms with van der Waals surface area (Å²) in [6.45, 7) is -0.400. The molecule has 2 aliphatic rings. The topological polar surface area (TPSA) is 141 Å². The van der Waals surface area contributed by atoms with Crippen LogP contribution in [0.25, 0.3) is 0 Å². The molecule has 2 amide bonds. The molecule has 1 heterocycles. The Morgan fingerprint density at radius 3 is 2.37 bits per heavy atom. The smallest absolute Gasteiger partial charge is 0.265 e. The van der Waals surface area contributed by atoms with Crippen molar-refractivity contribution in [3.05, 3.63) is 29.5 Å². The molecular formula is C20H27N5O5. The lowest BCUT2D eigenvalue weighted by Crippen LogP contribution is -2.45. The first-order valence-corrected chi connectivity index (χ1v) is 9.59. The third-order valence-electron chi connectivity index (χ3n) is 5.61. The van der Waals surface area contributed by atoms with Crippen LogP contribution in [0.15, 0.2) is 34.6 Å².